The molecular formula is C17H14BrClF3NO. The molecular weight excluding hydrogens is 407 g/mol. The summed E-state index contributed by atoms with van der Waals surface area (Å²) in [5, 5.41) is 3.27. The molecule has 0 fully saturated rings. The molecule has 2 aromatic rings. The number of ketones is 1. The molecule has 0 aliphatic carbocycles. The number of hydrogen-bond donors (Lipinski definition) is 1. The number of carbonyl (C=O) groups is 1. The Morgan fingerprint density at radius 1 is 1.17 bits per heavy atom. The summed E-state index contributed by atoms with van der Waals surface area (Å²) in [7, 11) is 0. The van der Waals surface area contributed by atoms with E-state index in [2.05, 4.69) is 21.2 Å². The van der Waals surface area contributed by atoms with Gasteiger partial charge in [0.2, 0.25) is 0 Å². The molecule has 0 heterocycles. The topological polar surface area (TPSA) is 29.1 Å². The number of halogens is 5. The predicted molar refractivity (Wildman–Crippen MR) is 93.2 cm³/mol. The van der Waals surface area contributed by atoms with Crippen LogP contribution in [0.25, 0.3) is 0 Å². The maximum absolute atomic E-state index is 12.6. The lowest BCUT2D eigenvalue weighted by Gasteiger charge is -2.16. The largest absolute Gasteiger partial charge is 0.390 e. The van der Waals surface area contributed by atoms with Crippen molar-refractivity contribution in [3.05, 3.63) is 64.7 Å². The molecule has 0 aliphatic heterocycles. The first-order valence-corrected chi connectivity index (χ1v) is 8.39. The van der Waals surface area contributed by atoms with E-state index in [1.165, 1.54) is 6.07 Å². The van der Waals surface area contributed by atoms with E-state index in [0.29, 0.717) is 21.8 Å². The fourth-order valence-corrected chi connectivity index (χ4v) is 2.85. The Hall–Kier alpha value is -1.53. The van der Waals surface area contributed by atoms with Gasteiger partial charge < -0.3 is 5.32 Å². The molecule has 2 rings (SSSR count). The first kappa shape index (κ1) is 18.8. The third kappa shape index (κ3) is 5.53. The SMILES string of the molecule is O=C(c1ccccc1)c1cc(Cl)ccc1NCC(Br)CC(F)(F)F. The molecule has 1 N–H and O–H groups in total. The van der Waals surface area contributed by atoms with Crippen molar-refractivity contribution in [2.24, 2.45) is 0 Å². The highest BCUT2D eigenvalue weighted by Crippen LogP contribution is 2.27. The number of alkyl halides is 4. The Balaban J connectivity index is 2.18. The molecule has 1 unspecified atom stereocenters. The van der Waals surface area contributed by atoms with Gasteiger partial charge in [0.25, 0.3) is 0 Å². The zero-order chi connectivity index (χ0) is 17.7. The molecule has 0 amide bonds. The second kappa shape index (κ2) is 8.03. The summed E-state index contributed by atoms with van der Waals surface area (Å²) < 4.78 is 37.2. The minimum absolute atomic E-state index is 0.0240. The first-order valence-electron chi connectivity index (χ1n) is 7.10. The third-order valence-electron chi connectivity index (χ3n) is 3.23. The van der Waals surface area contributed by atoms with E-state index >= 15 is 0 Å². The van der Waals surface area contributed by atoms with E-state index < -0.39 is 17.4 Å². The number of carbonyl (C=O) groups excluding carboxylic acids is 1. The Morgan fingerprint density at radius 3 is 2.46 bits per heavy atom. The van der Waals surface area contributed by atoms with Crippen LogP contribution in [0.15, 0.2) is 48.5 Å². The zero-order valence-electron chi connectivity index (χ0n) is 12.4. The average molecular weight is 421 g/mol. The number of anilines is 1. The van der Waals surface area contributed by atoms with Crippen molar-refractivity contribution in [2.75, 3.05) is 11.9 Å². The Labute approximate surface area is 151 Å². The van der Waals surface area contributed by atoms with Gasteiger partial charge in [0, 0.05) is 33.2 Å². The van der Waals surface area contributed by atoms with E-state index in [4.69, 9.17) is 11.6 Å². The van der Waals surface area contributed by atoms with E-state index in [-0.39, 0.29) is 12.3 Å². The zero-order valence-corrected chi connectivity index (χ0v) is 14.8. The number of benzene rings is 2. The molecule has 0 saturated heterocycles. The van der Waals surface area contributed by atoms with Crippen molar-refractivity contribution >= 4 is 39.0 Å². The summed E-state index contributed by atoms with van der Waals surface area (Å²) in [5.74, 6) is -0.248. The van der Waals surface area contributed by atoms with Crippen molar-refractivity contribution < 1.29 is 18.0 Å². The van der Waals surface area contributed by atoms with Gasteiger partial charge in [0.15, 0.2) is 5.78 Å². The number of nitrogens with one attached hydrogen (secondary N) is 1. The fraction of sp³-hybridized carbons (Fsp3) is 0.235. The Morgan fingerprint density at radius 2 is 1.83 bits per heavy atom. The normalized spacial score (nSPS) is 12.7. The maximum Gasteiger partial charge on any atom is 0.390 e. The highest BCUT2D eigenvalue weighted by atomic mass is 79.9. The van der Waals surface area contributed by atoms with E-state index in [1.807, 2.05) is 0 Å². The molecule has 0 bridgehead atoms. The maximum atomic E-state index is 12.6. The summed E-state index contributed by atoms with van der Waals surface area (Å²) in [5.41, 5.74) is 1.24. The monoisotopic (exact) mass is 419 g/mol. The molecule has 0 saturated carbocycles. The van der Waals surface area contributed by atoms with Gasteiger partial charge in [-0.25, -0.2) is 0 Å². The van der Waals surface area contributed by atoms with Crippen LogP contribution in [0.3, 0.4) is 0 Å². The van der Waals surface area contributed by atoms with E-state index in [1.54, 1.807) is 42.5 Å². The van der Waals surface area contributed by atoms with Crippen LogP contribution in [0.5, 0.6) is 0 Å². The summed E-state index contributed by atoms with van der Waals surface area (Å²) in [6, 6.07) is 13.3. The lowest BCUT2D eigenvalue weighted by atomic mass is 10.0. The van der Waals surface area contributed by atoms with Crippen molar-refractivity contribution in [2.45, 2.75) is 17.4 Å². The van der Waals surface area contributed by atoms with Gasteiger partial charge in [-0.1, -0.05) is 57.9 Å². The standard InChI is InChI=1S/C17H14BrClF3NO/c18-12(9-17(20,21)22)10-23-15-7-6-13(19)8-14(15)16(24)11-4-2-1-3-5-11/h1-8,12,23H,9-10H2. The van der Waals surface area contributed by atoms with Crippen LogP contribution in [0.4, 0.5) is 18.9 Å². The van der Waals surface area contributed by atoms with Gasteiger partial charge >= 0.3 is 6.18 Å². The lowest BCUT2D eigenvalue weighted by molar-refractivity contribution is -0.133. The summed E-state index contributed by atoms with van der Waals surface area (Å²) in [4.78, 5) is 11.8. The molecule has 0 aliphatic rings. The lowest BCUT2D eigenvalue weighted by Crippen LogP contribution is -2.22. The third-order valence-corrected chi connectivity index (χ3v) is 4.11. The molecule has 2 aromatic carbocycles. The fourth-order valence-electron chi connectivity index (χ4n) is 2.15. The van der Waals surface area contributed by atoms with Gasteiger partial charge in [0.05, 0.1) is 6.42 Å². The highest BCUT2D eigenvalue weighted by molar-refractivity contribution is 9.09. The van der Waals surface area contributed by atoms with Crippen LogP contribution in [-0.4, -0.2) is 23.3 Å². The van der Waals surface area contributed by atoms with Crippen LogP contribution >= 0.6 is 27.5 Å². The Kier molecular flexibility index (Phi) is 6.29. The van der Waals surface area contributed by atoms with Crippen LogP contribution < -0.4 is 5.32 Å². The van der Waals surface area contributed by atoms with Gasteiger partial charge in [0.1, 0.15) is 0 Å². The van der Waals surface area contributed by atoms with E-state index in [9.17, 15) is 18.0 Å². The van der Waals surface area contributed by atoms with Crippen LogP contribution in [-0.2, 0) is 0 Å². The van der Waals surface area contributed by atoms with Crippen LogP contribution in [0, 0.1) is 0 Å². The molecule has 128 valence electrons. The molecule has 0 aromatic heterocycles. The van der Waals surface area contributed by atoms with Crippen molar-refractivity contribution in [1.29, 1.82) is 0 Å². The minimum Gasteiger partial charge on any atom is -0.383 e. The van der Waals surface area contributed by atoms with Crippen molar-refractivity contribution in [1.82, 2.24) is 0 Å². The van der Waals surface area contributed by atoms with Gasteiger partial charge in [-0.2, -0.15) is 13.2 Å². The van der Waals surface area contributed by atoms with E-state index in [0.717, 1.165) is 0 Å². The van der Waals surface area contributed by atoms with Crippen molar-refractivity contribution in [3.63, 3.8) is 0 Å². The van der Waals surface area contributed by atoms with Crippen molar-refractivity contribution in [3.8, 4) is 0 Å². The highest BCUT2D eigenvalue weighted by Gasteiger charge is 2.30. The van der Waals surface area contributed by atoms with Gasteiger partial charge in [-0.05, 0) is 18.2 Å². The average Bonchev–Trinajstić information content (AvgIpc) is 2.52. The quantitative estimate of drug-likeness (QED) is 0.480. The first-order chi connectivity index (χ1) is 11.3. The number of rotatable bonds is 6. The van der Waals surface area contributed by atoms with Crippen LogP contribution in [0.1, 0.15) is 22.3 Å². The summed E-state index contributed by atoms with van der Waals surface area (Å²) >= 11 is 8.96. The smallest absolute Gasteiger partial charge is 0.383 e. The summed E-state index contributed by atoms with van der Waals surface area (Å²) in [6.07, 6.45) is -5.21. The van der Waals surface area contributed by atoms with Gasteiger partial charge in [-0.3, -0.25) is 4.79 Å². The molecule has 0 spiro atoms. The Bertz CT molecular complexity index is 707. The minimum atomic E-state index is -4.25. The second-order valence-electron chi connectivity index (χ2n) is 5.18. The summed E-state index contributed by atoms with van der Waals surface area (Å²) in [6.45, 7) is 0.0240. The number of hydrogen-bond acceptors (Lipinski definition) is 2. The van der Waals surface area contributed by atoms with Crippen LogP contribution in [0.2, 0.25) is 5.02 Å². The molecule has 7 heteroatoms. The molecule has 2 nitrogen and oxygen atoms in total. The second-order valence-corrected chi connectivity index (χ2v) is 6.91. The predicted octanol–water partition coefficient (Wildman–Crippen LogP) is 5.70. The molecule has 1 atom stereocenters. The molecule has 0 radical (unpaired) electrons. The van der Waals surface area contributed by atoms with Gasteiger partial charge in [-0.15, -0.1) is 0 Å². The molecule has 24 heavy (non-hydrogen) atoms.